The molecule has 1 aliphatic carbocycles. The summed E-state index contributed by atoms with van der Waals surface area (Å²) in [7, 11) is 1.88. The first-order valence-corrected chi connectivity index (χ1v) is 7.67. The molecule has 1 aromatic heterocycles. The summed E-state index contributed by atoms with van der Waals surface area (Å²) in [5.41, 5.74) is 1.64. The van der Waals surface area contributed by atoms with Crippen molar-refractivity contribution < 1.29 is 0 Å². The smallest absolute Gasteiger partial charge is 0.193 e. The minimum Gasteiger partial charge on any atom is -0.351 e. The van der Waals surface area contributed by atoms with Crippen molar-refractivity contribution >= 4 is 29.9 Å². The highest BCUT2D eigenvalue weighted by atomic mass is 127. The molecule has 0 aromatic carbocycles. The number of likely N-dealkylation sites (tertiary alicyclic amines) is 1. The molecule has 2 heterocycles. The molecule has 3 rings (SSSR count). The Labute approximate surface area is 144 Å². The SMILES string of the molecule is CN=C(NCc1ccccn1)N1CCC2(CCCC2)C1.I. The number of aromatic nitrogens is 1. The first-order valence-electron chi connectivity index (χ1n) is 7.67. The average molecular weight is 400 g/mol. The fraction of sp³-hybridized carbons (Fsp3) is 0.625. The van der Waals surface area contributed by atoms with Crippen LogP contribution in [0.4, 0.5) is 0 Å². The summed E-state index contributed by atoms with van der Waals surface area (Å²) in [6, 6.07) is 6.02. The highest BCUT2D eigenvalue weighted by Crippen LogP contribution is 2.45. The first-order chi connectivity index (χ1) is 9.81. The van der Waals surface area contributed by atoms with Crippen molar-refractivity contribution in [1.82, 2.24) is 15.2 Å². The maximum atomic E-state index is 4.44. The van der Waals surface area contributed by atoms with Gasteiger partial charge < -0.3 is 10.2 Å². The van der Waals surface area contributed by atoms with Gasteiger partial charge in [-0.05, 0) is 36.8 Å². The predicted octanol–water partition coefficient (Wildman–Crippen LogP) is 3.04. The van der Waals surface area contributed by atoms with Crippen LogP contribution in [-0.2, 0) is 6.54 Å². The summed E-state index contributed by atoms with van der Waals surface area (Å²) >= 11 is 0. The van der Waals surface area contributed by atoms with E-state index in [0.717, 1.165) is 24.7 Å². The van der Waals surface area contributed by atoms with Crippen molar-refractivity contribution in [3.63, 3.8) is 0 Å². The molecule has 21 heavy (non-hydrogen) atoms. The summed E-state index contributed by atoms with van der Waals surface area (Å²) < 4.78 is 0. The van der Waals surface area contributed by atoms with Crippen molar-refractivity contribution in [2.45, 2.75) is 38.6 Å². The monoisotopic (exact) mass is 400 g/mol. The van der Waals surface area contributed by atoms with Crippen LogP contribution in [0.2, 0.25) is 0 Å². The lowest BCUT2D eigenvalue weighted by molar-refractivity contribution is 0.309. The van der Waals surface area contributed by atoms with Crippen molar-refractivity contribution in [3.8, 4) is 0 Å². The molecule has 0 bridgehead atoms. The second-order valence-electron chi connectivity index (χ2n) is 6.10. The van der Waals surface area contributed by atoms with Crippen molar-refractivity contribution in [1.29, 1.82) is 0 Å². The molecule has 116 valence electrons. The molecule has 2 fully saturated rings. The van der Waals surface area contributed by atoms with E-state index in [1.54, 1.807) is 0 Å². The molecule has 4 nitrogen and oxygen atoms in total. The van der Waals surface area contributed by atoms with E-state index in [9.17, 15) is 0 Å². The standard InChI is InChI=1S/C16H24N4.HI/c1-17-15(19-12-14-6-2-5-10-18-14)20-11-9-16(13-20)7-3-4-8-16;/h2,5-6,10H,3-4,7-9,11-13H2,1H3,(H,17,19);1H. The third-order valence-electron chi connectivity index (χ3n) is 4.77. The van der Waals surface area contributed by atoms with Gasteiger partial charge in [-0.2, -0.15) is 0 Å². The topological polar surface area (TPSA) is 40.5 Å². The van der Waals surface area contributed by atoms with E-state index in [4.69, 9.17) is 0 Å². The van der Waals surface area contributed by atoms with E-state index < -0.39 is 0 Å². The highest BCUT2D eigenvalue weighted by molar-refractivity contribution is 14.0. The molecule has 1 aromatic rings. The van der Waals surface area contributed by atoms with Crippen LogP contribution in [0.15, 0.2) is 29.4 Å². The zero-order valence-corrected chi connectivity index (χ0v) is 15.0. The molecule has 1 saturated heterocycles. The Hall–Kier alpha value is -0.850. The third-order valence-corrected chi connectivity index (χ3v) is 4.77. The van der Waals surface area contributed by atoms with E-state index in [1.807, 2.05) is 31.4 Å². The molecule has 1 spiro atoms. The molecule has 1 N–H and O–H groups in total. The van der Waals surface area contributed by atoms with Crippen LogP contribution in [0.5, 0.6) is 0 Å². The maximum absolute atomic E-state index is 4.44. The van der Waals surface area contributed by atoms with Gasteiger partial charge in [0.2, 0.25) is 0 Å². The summed E-state index contributed by atoms with van der Waals surface area (Å²) in [4.78, 5) is 11.2. The molecule has 1 saturated carbocycles. The largest absolute Gasteiger partial charge is 0.351 e. The first kappa shape index (κ1) is 16.5. The van der Waals surface area contributed by atoms with E-state index in [2.05, 4.69) is 20.2 Å². The lowest BCUT2D eigenvalue weighted by Crippen LogP contribution is -2.40. The normalized spacial score (nSPS) is 20.6. The Morgan fingerprint density at radius 2 is 2.14 bits per heavy atom. The van der Waals surface area contributed by atoms with Gasteiger partial charge in [0.1, 0.15) is 0 Å². The lowest BCUT2D eigenvalue weighted by atomic mass is 9.86. The lowest BCUT2D eigenvalue weighted by Gasteiger charge is -2.25. The minimum absolute atomic E-state index is 0. The quantitative estimate of drug-likeness (QED) is 0.472. The number of nitrogens with one attached hydrogen (secondary N) is 1. The molecule has 0 atom stereocenters. The second-order valence-corrected chi connectivity index (χ2v) is 6.10. The van der Waals surface area contributed by atoms with Gasteiger partial charge in [0.15, 0.2) is 5.96 Å². The average Bonchev–Trinajstić information content (AvgIpc) is 3.12. The van der Waals surface area contributed by atoms with Gasteiger partial charge in [-0.15, -0.1) is 24.0 Å². The number of rotatable bonds is 2. The van der Waals surface area contributed by atoms with Crippen molar-refractivity contribution in [2.24, 2.45) is 10.4 Å². The number of pyridine rings is 1. The second kappa shape index (κ2) is 7.42. The van der Waals surface area contributed by atoms with Crippen LogP contribution in [0.3, 0.4) is 0 Å². The summed E-state index contributed by atoms with van der Waals surface area (Å²) in [5, 5.41) is 3.45. The van der Waals surface area contributed by atoms with Gasteiger partial charge in [-0.25, -0.2) is 0 Å². The molecule has 1 aliphatic heterocycles. The zero-order valence-electron chi connectivity index (χ0n) is 12.7. The Kier molecular flexibility index (Phi) is 5.84. The van der Waals surface area contributed by atoms with Crippen molar-refractivity contribution in [2.75, 3.05) is 20.1 Å². The van der Waals surface area contributed by atoms with Crippen LogP contribution in [0, 0.1) is 5.41 Å². The fourth-order valence-electron chi connectivity index (χ4n) is 3.65. The Bertz CT molecular complexity index is 468. The Balaban J connectivity index is 0.00000161. The van der Waals surface area contributed by atoms with Gasteiger partial charge >= 0.3 is 0 Å². The van der Waals surface area contributed by atoms with E-state index >= 15 is 0 Å². The van der Waals surface area contributed by atoms with Gasteiger partial charge in [-0.3, -0.25) is 9.98 Å². The number of guanidine groups is 1. The molecule has 0 radical (unpaired) electrons. The number of hydrogen-bond donors (Lipinski definition) is 1. The van der Waals surface area contributed by atoms with Gasteiger partial charge in [0, 0.05) is 26.3 Å². The molecule has 0 unspecified atom stereocenters. The van der Waals surface area contributed by atoms with Crippen LogP contribution in [0.25, 0.3) is 0 Å². The van der Waals surface area contributed by atoms with Crippen LogP contribution < -0.4 is 5.32 Å². The number of halogens is 1. The summed E-state index contributed by atoms with van der Waals surface area (Å²) in [5.74, 6) is 1.03. The van der Waals surface area contributed by atoms with Crippen molar-refractivity contribution in [3.05, 3.63) is 30.1 Å². The van der Waals surface area contributed by atoms with Gasteiger partial charge in [0.25, 0.3) is 0 Å². The fourth-order valence-corrected chi connectivity index (χ4v) is 3.65. The van der Waals surface area contributed by atoms with E-state index in [-0.39, 0.29) is 24.0 Å². The minimum atomic E-state index is 0. The highest BCUT2D eigenvalue weighted by Gasteiger charge is 2.40. The van der Waals surface area contributed by atoms with Crippen LogP contribution >= 0.6 is 24.0 Å². The van der Waals surface area contributed by atoms with E-state index in [0.29, 0.717) is 5.41 Å². The van der Waals surface area contributed by atoms with Gasteiger partial charge in [0.05, 0.1) is 12.2 Å². The molecular weight excluding hydrogens is 375 g/mol. The Morgan fingerprint density at radius 3 is 2.81 bits per heavy atom. The van der Waals surface area contributed by atoms with Gasteiger partial charge in [-0.1, -0.05) is 18.9 Å². The number of nitrogens with zero attached hydrogens (tertiary/aromatic N) is 3. The summed E-state index contributed by atoms with van der Waals surface area (Å²) in [6.07, 6.45) is 8.80. The van der Waals surface area contributed by atoms with E-state index in [1.165, 1.54) is 38.6 Å². The number of aliphatic imine (C=N–C) groups is 1. The molecule has 2 aliphatic rings. The molecule has 5 heteroatoms. The summed E-state index contributed by atoms with van der Waals surface area (Å²) in [6.45, 7) is 3.06. The van der Waals surface area contributed by atoms with Crippen LogP contribution in [0.1, 0.15) is 37.8 Å². The molecule has 0 amide bonds. The predicted molar refractivity (Wildman–Crippen MR) is 96.9 cm³/mol. The molecular formula is C16H25IN4. The zero-order chi connectivity index (χ0) is 13.8. The Morgan fingerprint density at radius 1 is 1.33 bits per heavy atom. The third kappa shape index (κ3) is 3.87. The van der Waals surface area contributed by atoms with Crippen LogP contribution in [-0.4, -0.2) is 36.0 Å². The number of hydrogen-bond acceptors (Lipinski definition) is 2. The maximum Gasteiger partial charge on any atom is 0.193 e.